The maximum atomic E-state index is 13.9. The van der Waals surface area contributed by atoms with Crippen molar-refractivity contribution >= 4 is 27.5 Å². The van der Waals surface area contributed by atoms with Gasteiger partial charge >= 0.3 is 0 Å². The summed E-state index contributed by atoms with van der Waals surface area (Å²) in [6, 6.07) is 21.0. The van der Waals surface area contributed by atoms with Crippen molar-refractivity contribution in [1.82, 2.24) is 10.2 Å². The zero-order valence-corrected chi connectivity index (χ0v) is 22.0. The fourth-order valence-corrected chi connectivity index (χ4v) is 5.04. The number of hydrogen-bond acceptors (Lipinski definition) is 4. The Morgan fingerprint density at radius 2 is 1.54 bits per heavy atom. The second kappa shape index (κ2) is 12.5. The van der Waals surface area contributed by atoms with Crippen LogP contribution in [-0.4, -0.2) is 51.0 Å². The van der Waals surface area contributed by atoms with Crippen molar-refractivity contribution in [2.24, 2.45) is 0 Å². The lowest BCUT2D eigenvalue weighted by molar-refractivity contribution is -0.139. The molecule has 1 N–H and O–H groups in total. The molecule has 1 atom stereocenters. The number of amides is 2. The maximum Gasteiger partial charge on any atom is 0.244 e. The molecule has 37 heavy (non-hydrogen) atoms. The number of sulfonamides is 1. The molecule has 7 nitrogen and oxygen atoms in total. The van der Waals surface area contributed by atoms with Gasteiger partial charge in [-0.1, -0.05) is 67.6 Å². The SMILES string of the molecule is CCc1ccccc1N(CC(=O)N(Cc1ccc(F)cc1)C(Cc1ccccc1)C(=O)NC)S(C)(=O)=O. The van der Waals surface area contributed by atoms with E-state index in [0.29, 0.717) is 17.7 Å². The van der Waals surface area contributed by atoms with E-state index in [4.69, 9.17) is 0 Å². The summed E-state index contributed by atoms with van der Waals surface area (Å²) in [6.45, 7) is 1.42. The van der Waals surface area contributed by atoms with E-state index in [1.54, 1.807) is 24.3 Å². The Labute approximate surface area is 218 Å². The smallest absolute Gasteiger partial charge is 0.244 e. The van der Waals surface area contributed by atoms with Crippen LogP contribution in [0.25, 0.3) is 0 Å². The van der Waals surface area contributed by atoms with Crippen LogP contribution in [0.15, 0.2) is 78.9 Å². The van der Waals surface area contributed by atoms with Crippen molar-refractivity contribution in [3.05, 3.63) is 101 Å². The third kappa shape index (κ3) is 7.39. The lowest BCUT2D eigenvalue weighted by Gasteiger charge is -2.33. The molecule has 0 spiro atoms. The number of likely N-dealkylation sites (N-methyl/N-ethyl adjacent to an activating group) is 1. The molecule has 0 saturated heterocycles. The first kappa shape index (κ1) is 27.9. The van der Waals surface area contributed by atoms with Crippen LogP contribution in [0.4, 0.5) is 10.1 Å². The molecule has 3 rings (SSSR count). The van der Waals surface area contributed by atoms with Gasteiger partial charge in [-0.3, -0.25) is 13.9 Å². The minimum absolute atomic E-state index is 0.00292. The summed E-state index contributed by atoms with van der Waals surface area (Å²) in [7, 11) is -2.35. The lowest BCUT2D eigenvalue weighted by atomic mass is 10.0. The van der Waals surface area contributed by atoms with E-state index in [-0.39, 0.29) is 18.9 Å². The summed E-state index contributed by atoms with van der Waals surface area (Å²) in [4.78, 5) is 28.3. The number of nitrogens with zero attached hydrogens (tertiary/aromatic N) is 2. The molecule has 0 radical (unpaired) electrons. The Bertz CT molecular complexity index is 1310. The van der Waals surface area contributed by atoms with Crippen LogP contribution in [-0.2, 0) is 39.0 Å². The van der Waals surface area contributed by atoms with E-state index >= 15 is 0 Å². The van der Waals surface area contributed by atoms with Gasteiger partial charge in [0.2, 0.25) is 21.8 Å². The third-order valence-electron chi connectivity index (χ3n) is 6.10. The molecule has 9 heteroatoms. The van der Waals surface area contributed by atoms with Gasteiger partial charge in [-0.15, -0.1) is 0 Å². The molecular weight excluding hydrogens is 493 g/mol. The first-order chi connectivity index (χ1) is 17.6. The molecule has 0 aliphatic carbocycles. The average Bonchev–Trinajstić information content (AvgIpc) is 2.89. The van der Waals surface area contributed by atoms with Crippen molar-refractivity contribution in [3.63, 3.8) is 0 Å². The van der Waals surface area contributed by atoms with Gasteiger partial charge in [-0.2, -0.15) is 0 Å². The van der Waals surface area contributed by atoms with E-state index in [9.17, 15) is 22.4 Å². The van der Waals surface area contributed by atoms with Gasteiger partial charge in [0.1, 0.15) is 18.4 Å². The highest BCUT2D eigenvalue weighted by Crippen LogP contribution is 2.24. The molecule has 0 aliphatic rings. The third-order valence-corrected chi connectivity index (χ3v) is 7.23. The number of carbonyl (C=O) groups is 2. The summed E-state index contributed by atoms with van der Waals surface area (Å²) in [5.41, 5.74) is 2.64. The Kier molecular flexibility index (Phi) is 9.41. The van der Waals surface area contributed by atoms with Crippen molar-refractivity contribution in [2.45, 2.75) is 32.4 Å². The van der Waals surface area contributed by atoms with Crippen LogP contribution >= 0.6 is 0 Å². The molecule has 0 saturated carbocycles. The molecule has 1 unspecified atom stereocenters. The second-order valence-electron chi connectivity index (χ2n) is 8.72. The molecule has 196 valence electrons. The number of carbonyl (C=O) groups excluding carboxylic acids is 2. The highest BCUT2D eigenvalue weighted by atomic mass is 32.2. The van der Waals surface area contributed by atoms with E-state index < -0.39 is 34.3 Å². The van der Waals surface area contributed by atoms with Crippen LogP contribution in [0, 0.1) is 5.82 Å². The van der Waals surface area contributed by atoms with E-state index in [1.807, 2.05) is 49.4 Å². The Morgan fingerprint density at radius 3 is 2.14 bits per heavy atom. The topological polar surface area (TPSA) is 86.8 Å². The van der Waals surface area contributed by atoms with Crippen LogP contribution < -0.4 is 9.62 Å². The molecule has 0 fully saturated rings. The van der Waals surface area contributed by atoms with Gasteiger partial charge in [-0.05, 0) is 41.3 Å². The Hall–Kier alpha value is -3.72. The van der Waals surface area contributed by atoms with Gasteiger partial charge < -0.3 is 10.2 Å². The molecule has 3 aromatic rings. The van der Waals surface area contributed by atoms with Gasteiger partial charge in [0.15, 0.2) is 0 Å². The fraction of sp³-hybridized carbons (Fsp3) is 0.286. The van der Waals surface area contributed by atoms with Crippen LogP contribution in [0.5, 0.6) is 0 Å². The number of para-hydroxylation sites is 1. The second-order valence-corrected chi connectivity index (χ2v) is 10.6. The van der Waals surface area contributed by atoms with E-state index in [2.05, 4.69) is 5.32 Å². The predicted octanol–water partition coefficient (Wildman–Crippen LogP) is 3.54. The number of anilines is 1. The molecular formula is C28H32FN3O4S. The zero-order chi connectivity index (χ0) is 27.0. The summed E-state index contributed by atoms with van der Waals surface area (Å²) < 4.78 is 40.3. The molecule has 0 aromatic heterocycles. The van der Waals surface area contributed by atoms with Gasteiger partial charge in [-0.25, -0.2) is 12.8 Å². The average molecular weight is 526 g/mol. The zero-order valence-electron chi connectivity index (χ0n) is 21.2. The highest BCUT2D eigenvalue weighted by molar-refractivity contribution is 7.92. The number of benzene rings is 3. The van der Waals surface area contributed by atoms with Crippen LogP contribution in [0.3, 0.4) is 0 Å². The standard InChI is InChI=1S/C28H32FN3O4S/c1-4-23-12-8-9-13-25(23)32(37(3,35)36)20-27(33)31(19-22-14-16-24(29)17-15-22)26(28(34)30-2)18-21-10-6-5-7-11-21/h5-17,26H,4,18-20H2,1-3H3,(H,30,34). The van der Waals surface area contributed by atoms with E-state index in [1.165, 1.54) is 24.1 Å². The van der Waals surface area contributed by atoms with Crippen molar-refractivity contribution in [3.8, 4) is 0 Å². The molecule has 3 aromatic carbocycles. The van der Waals surface area contributed by atoms with Gasteiger partial charge in [0, 0.05) is 20.0 Å². The van der Waals surface area contributed by atoms with Crippen molar-refractivity contribution in [2.75, 3.05) is 24.2 Å². The summed E-state index contributed by atoms with van der Waals surface area (Å²) >= 11 is 0. The quantitative estimate of drug-likeness (QED) is 0.415. The Morgan fingerprint density at radius 1 is 0.919 bits per heavy atom. The first-order valence-corrected chi connectivity index (χ1v) is 13.8. The minimum Gasteiger partial charge on any atom is -0.357 e. The van der Waals surface area contributed by atoms with E-state index in [0.717, 1.165) is 21.7 Å². The van der Waals surface area contributed by atoms with Crippen molar-refractivity contribution in [1.29, 1.82) is 0 Å². The molecule has 0 aliphatic heterocycles. The number of halogens is 1. The lowest BCUT2D eigenvalue weighted by Crippen LogP contribution is -2.53. The number of rotatable bonds is 11. The normalized spacial score (nSPS) is 12.0. The number of nitrogens with one attached hydrogen (secondary N) is 1. The molecule has 0 heterocycles. The number of aryl methyl sites for hydroxylation is 1. The minimum atomic E-state index is -3.83. The fourth-order valence-electron chi connectivity index (χ4n) is 4.15. The highest BCUT2D eigenvalue weighted by Gasteiger charge is 2.33. The van der Waals surface area contributed by atoms with Gasteiger partial charge in [0.05, 0.1) is 11.9 Å². The first-order valence-electron chi connectivity index (χ1n) is 12.0. The number of hydrogen-bond donors (Lipinski definition) is 1. The summed E-state index contributed by atoms with van der Waals surface area (Å²) in [5, 5.41) is 2.62. The summed E-state index contributed by atoms with van der Waals surface area (Å²) in [5.74, 6) is -1.36. The largest absolute Gasteiger partial charge is 0.357 e. The molecule has 0 bridgehead atoms. The van der Waals surface area contributed by atoms with Crippen LogP contribution in [0.2, 0.25) is 0 Å². The summed E-state index contributed by atoms with van der Waals surface area (Å²) in [6.07, 6.45) is 1.85. The Balaban J connectivity index is 2.04. The van der Waals surface area contributed by atoms with Crippen molar-refractivity contribution < 1.29 is 22.4 Å². The van der Waals surface area contributed by atoms with Gasteiger partial charge in [0.25, 0.3) is 0 Å². The van der Waals surface area contributed by atoms with Crippen LogP contribution in [0.1, 0.15) is 23.6 Å². The maximum absolute atomic E-state index is 13.9. The molecule has 2 amide bonds. The monoisotopic (exact) mass is 525 g/mol. The predicted molar refractivity (Wildman–Crippen MR) is 143 cm³/mol.